The fourth-order valence-corrected chi connectivity index (χ4v) is 1.77. The third-order valence-electron chi connectivity index (χ3n) is 2.88. The number of hydrogen-bond acceptors (Lipinski definition) is 3. The van der Waals surface area contributed by atoms with Gasteiger partial charge in [0.15, 0.2) is 0 Å². The summed E-state index contributed by atoms with van der Waals surface area (Å²) >= 11 is 0. The van der Waals surface area contributed by atoms with Crippen molar-refractivity contribution in [2.75, 3.05) is 6.61 Å². The second kappa shape index (κ2) is 8.34. The number of pyridine rings is 1. The summed E-state index contributed by atoms with van der Waals surface area (Å²) in [6, 6.07) is 3.55. The molecular weight excluding hydrogens is 252 g/mol. The Morgan fingerprint density at radius 3 is 2.80 bits per heavy atom. The first-order valence-corrected chi connectivity index (χ1v) is 6.90. The zero-order valence-electron chi connectivity index (χ0n) is 12.3. The van der Waals surface area contributed by atoms with Crippen molar-refractivity contribution >= 4 is 5.91 Å². The van der Waals surface area contributed by atoms with Gasteiger partial charge in [-0.1, -0.05) is 25.7 Å². The van der Waals surface area contributed by atoms with Crippen LogP contribution in [-0.4, -0.2) is 28.6 Å². The van der Waals surface area contributed by atoms with Gasteiger partial charge in [0.05, 0.1) is 5.56 Å². The summed E-state index contributed by atoms with van der Waals surface area (Å²) in [4.78, 5) is 16.3. The highest BCUT2D eigenvalue weighted by Gasteiger charge is 2.14. The quantitative estimate of drug-likeness (QED) is 0.807. The molecular formula is C16H22N2O2. The number of carbonyl (C=O) groups is 1. The Labute approximate surface area is 120 Å². The number of aromatic nitrogens is 1. The third-order valence-corrected chi connectivity index (χ3v) is 2.88. The summed E-state index contributed by atoms with van der Waals surface area (Å²) in [5, 5.41) is 11.7. The fourth-order valence-electron chi connectivity index (χ4n) is 1.77. The van der Waals surface area contributed by atoms with E-state index in [9.17, 15) is 4.79 Å². The largest absolute Gasteiger partial charge is 0.384 e. The molecule has 1 atom stereocenters. The summed E-state index contributed by atoms with van der Waals surface area (Å²) < 4.78 is 0. The lowest BCUT2D eigenvalue weighted by Crippen LogP contribution is -2.33. The van der Waals surface area contributed by atoms with Crippen molar-refractivity contribution in [1.29, 1.82) is 0 Å². The number of rotatable bonds is 5. The lowest BCUT2D eigenvalue weighted by atomic mass is 10.0. The predicted octanol–water partition coefficient (Wildman–Crippen LogP) is 1.98. The van der Waals surface area contributed by atoms with E-state index in [1.807, 2.05) is 6.92 Å². The normalized spacial score (nSPS) is 11.7. The van der Waals surface area contributed by atoms with Gasteiger partial charge in [0.1, 0.15) is 12.3 Å². The molecule has 0 spiro atoms. The molecule has 2 N–H and O–H groups in total. The van der Waals surface area contributed by atoms with Crippen molar-refractivity contribution in [1.82, 2.24) is 10.3 Å². The van der Waals surface area contributed by atoms with E-state index in [0.717, 1.165) is 12.8 Å². The zero-order valence-corrected chi connectivity index (χ0v) is 12.3. The van der Waals surface area contributed by atoms with E-state index in [2.05, 4.69) is 36.0 Å². The molecule has 1 unspecified atom stereocenters. The zero-order chi connectivity index (χ0) is 15.0. The van der Waals surface area contributed by atoms with Crippen molar-refractivity contribution in [3.63, 3.8) is 0 Å². The van der Waals surface area contributed by atoms with Crippen molar-refractivity contribution < 1.29 is 9.90 Å². The summed E-state index contributed by atoms with van der Waals surface area (Å²) in [5.74, 6) is 5.68. The first-order valence-electron chi connectivity index (χ1n) is 6.90. The molecule has 0 aromatic carbocycles. The molecule has 0 fully saturated rings. The van der Waals surface area contributed by atoms with Crippen LogP contribution in [0, 0.1) is 17.8 Å². The lowest BCUT2D eigenvalue weighted by Gasteiger charge is -2.15. The number of carbonyl (C=O) groups excluding carboxylic acids is 1. The van der Waals surface area contributed by atoms with Crippen molar-refractivity contribution in [3.05, 3.63) is 29.6 Å². The van der Waals surface area contributed by atoms with Crippen molar-refractivity contribution in [2.45, 2.75) is 39.7 Å². The van der Waals surface area contributed by atoms with E-state index >= 15 is 0 Å². The average Bonchev–Trinajstić information content (AvgIpc) is 2.43. The molecule has 4 heteroatoms. The van der Waals surface area contributed by atoms with E-state index in [0.29, 0.717) is 17.2 Å². The molecule has 0 bridgehead atoms. The number of nitrogens with one attached hydrogen (secondary N) is 1. The highest BCUT2D eigenvalue weighted by molar-refractivity contribution is 5.94. The van der Waals surface area contributed by atoms with Gasteiger partial charge in [-0.3, -0.25) is 4.79 Å². The number of nitrogens with zero attached hydrogens (tertiary/aromatic N) is 1. The second-order valence-corrected chi connectivity index (χ2v) is 5.21. The van der Waals surface area contributed by atoms with Crippen LogP contribution in [0.1, 0.15) is 49.7 Å². The van der Waals surface area contributed by atoms with Crippen LogP contribution in [-0.2, 0) is 0 Å². The number of amides is 1. The maximum Gasteiger partial charge on any atom is 0.271 e. The topological polar surface area (TPSA) is 62.2 Å². The first kappa shape index (κ1) is 16.2. The Morgan fingerprint density at radius 2 is 2.15 bits per heavy atom. The SMILES string of the molecule is CC(C)CCC(C)NC(=O)c1ncccc1C#CCO. The average molecular weight is 274 g/mol. The highest BCUT2D eigenvalue weighted by atomic mass is 16.2. The van der Waals surface area contributed by atoms with Gasteiger partial charge in [-0.25, -0.2) is 4.98 Å². The molecule has 108 valence electrons. The number of aliphatic hydroxyl groups excluding tert-OH is 1. The second-order valence-electron chi connectivity index (χ2n) is 5.21. The Morgan fingerprint density at radius 1 is 1.40 bits per heavy atom. The van der Waals surface area contributed by atoms with E-state index in [1.165, 1.54) is 0 Å². The minimum absolute atomic E-state index is 0.102. The number of hydrogen-bond donors (Lipinski definition) is 2. The van der Waals surface area contributed by atoms with Gasteiger partial charge in [-0.15, -0.1) is 0 Å². The maximum atomic E-state index is 12.2. The fraction of sp³-hybridized carbons (Fsp3) is 0.500. The van der Waals surface area contributed by atoms with Gasteiger partial charge < -0.3 is 10.4 Å². The molecule has 1 heterocycles. The van der Waals surface area contributed by atoms with Gasteiger partial charge in [0.25, 0.3) is 5.91 Å². The summed E-state index contributed by atoms with van der Waals surface area (Å²) in [7, 11) is 0. The van der Waals surface area contributed by atoms with Crippen LogP contribution in [0.3, 0.4) is 0 Å². The van der Waals surface area contributed by atoms with E-state index in [-0.39, 0.29) is 18.6 Å². The summed E-state index contributed by atoms with van der Waals surface area (Å²) in [5.41, 5.74) is 0.847. The maximum absolute atomic E-state index is 12.2. The number of aliphatic hydroxyl groups is 1. The highest BCUT2D eigenvalue weighted by Crippen LogP contribution is 2.08. The van der Waals surface area contributed by atoms with Crippen LogP contribution in [0.5, 0.6) is 0 Å². The molecule has 20 heavy (non-hydrogen) atoms. The first-order chi connectivity index (χ1) is 9.54. The van der Waals surface area contributed by atoms with Crippen molar-refractivity contribution in [3.8, 4) is 11.8 Å². The van der Waals surface area contributed by atoms with Crippen LogP contribution in [0.2, 0.25) is 0 Å². The summed E-state index contributed by atoms with van der Waals surface area (Å²) in [6.45, 7) is 6.08. The van der Waals surface area contributed by atoms with Gasteiger partial charge in [-0.2, -0.15) is 0 Å². The molecule has 0 radical (unpaired) electrons. The molecule has 1 rings (SSSR count). The van der Waals surface area contributed by atoms with Crippen LogP contribution in [0.15, 0.2) is 18.3 Å². The molecule has 1 aromatic heterocycles. The van der Waals surface area contributed by atoms with Crippen molar-refractivity contribution in [2.24, 2.45) is 5.92 Å². The van der Waals surface area contributed by atoms with Crippen LogP contribution in [0.25, 0.3) is 0 Å². The minimum Gasteiger partial charge on any atom is -0.384 e. The Hall–Kier alpha value is -1.86. The summed E-state index contributed by atoms with van der Waals surface area (Å²) in [6.07, 6.45) is 3.58. The Kier molecular flexibility index (Phi) is 6.75. The van der Waals surface area contributed by atoms with Crippen LogP contribution >= 0.6 is 0 Å². The van der Waals surface area contributed by atoms with Gasteiger partial charge in [-0.05, 0) is 37.8 Å². The predicted molar refractivity (Wildman–Crippen MR) is 79.2 cm³/mol. The molecule has 0 aliphatic heterocycles. The monoisotopic (exact) mass is 274 g/mol. The van der Waals surface area contributed by atoms with E-state index in [4.69, 9.17) is 5.11 Å². The molecule has 1 amide bonds. The minimum atomic E-state index is -0.235. The van der Waals surface area contributed by atoms with Crippen LogP contribution in [0.4, 0.5) is 0 Å². The van der Waals surface area contributed by atoms with E-state index < -0.39 is 0 Å². The molecule has 4 nitrogen and oxygen atoms in total. The van der Waals surface area contributed by atoms with Gasteiger partial charge in [0, 0.05) is 12.2 Å². The smallest absolute Gasteiger partial charge is 0.271 e. The molecule has 0 aliphatic rings. The van der Waals surface area contributed by atoms with Gasteiger partial charge >= 0.3 is 0 Å². The van der Waals surface area contributed by atoms with Gasteiger partial charge in [0.2, 0.25) is 0 Å². The lowest BCUT2D eigenvalue weighted by molar-refractivity contribution is 0.0932. The standard InChI is InChI=1S/C16H22N2O2/c1-12(2)8-9-13(3)18-16(20)15-14(7-5-11-19)6-4-10-17-15/h4,6,10,12-13,19H,8-9,11H2,1-3H3,(H,18,20). The van der Waals surface area contributed by atoms with Crippen LogP contribution < -0.4 is 5.32 Å². The Balaban J connectivity index is 2.72. The molecule has 1 aromatic rings. The third kappa shape index (κ3) is 5.41. The molecule has 0 saturated heterocycles. The van der Waals surface area contributed by atoms with E-state index in [1.54, 1.807) is 18.3 Å². The Bertz CT molecular complexity index is 501. The molecule has 0 aliphatic carbocycles. The molecule has 0 saturated carbocycles.